The van der Waals surface area contributed by atoms with Crippen LogP contribution in [-0.4, -0.2) is 23.5 Å². The molecule has 18 heavy (non-hydrogen) atoms. The van der Waals surface area contributed by atoms with Crippen LogP contribution in [0, 0.1) is 13.8 Å². The van der Waals surface area contributed by atoms with Gasteiger partial charge < -0.3 is 9.84 Å². The molecule has 0 atom stereocenters. The van der Waals surface area contributed by atoms with Crippen LogP contribution >= 0.6 is 0 Å². The number of hydrogen-bond donors (Lipinski definition) is 1. The first-order valence-electron chi connectivity index (χ1n) is 5.95. The Hall–Kier alpha value is -1.84. The first-order valence-corrected chi connectivity index (χ1v) is 5.95. The fourth-order valence-corrected chi connectivity index (χ4v) is 1.76. The van der Waals surface area contributed by atoms with Crippen LogP contribution in [0.4, 0.5) is 0 Å². The first kappa shape index (κ1) is 14.2. The van der Waals surface area contributed by atoms with Gasteiger partial charge in [-0.2, -0.15) is 0 Å². The number of ketones is 1. The van der Waals surface area contributed by atoms with Gasteiger partial charge in [-0.1, -0.05) is 6.92 Å². The number of aliphatic carboxylic acids is 1. The van der Waals surface area contributed by atoms with Crippen LogP contribution in [-0.2, 0) is 4.79 Å². The molecule has 0 saturated heterocycles. The molecule has 1 aromatic carbocycles. The highest BCUT2D eigenvalue weighted by molar-refractivity contribution is 5.97. The van der Waals surface area contributed by atoms with E-state index in [1.807, 2.05) is 20.8 Å². The number of carboxylic acid groups (broad SMARTS) is 1. The maximum Gasteiger partial charge on any atom is 0.341 e. The zero-order chi connectivity index (χ0) is 13.7. The van der Waals surface area contributed by atoms with Crippen molar-refractivity contribution in [3.8, 4) is 5.75 Å². The third-order valence-electron chi connectivity index (χ3n) is 2.87. The predicted octanol–water partition coefficient (Wildman–Crippen LogP) is 2.75. The Balaban J connectivity index is 2.97. The molecular formula is C14H18O4. The van der Waals surface area contributed by atoms with E-state index in [0.29, 0.717) is 17.7 Å². The monoisotopic (exact) mass is 250 g/mol. The molecular weight excluding hydrogens is 232 g/mol. The number of benzene rings is 1. The summed E-state index contributed by atoms with van der Waals surface area (Å²) in [5.41, 5.74) is 2.37. The highest BCUT2D eigenvalue weighted by Crippen LogP contribution is 2.25. The molecule has 0 spiro atoms. The van der Waals surface area contributed by atoms with E-state index in [0.717, 1.165) is 17.5 Å². The van der Waals surface area contributed by atoms with Crippen LogP contribution in [0.3, 0.4) is 0 Å². The summed E-state index contributed by atoms with van der Waals surface area (Å²) in [6.07, 6.45) is 1.34. The van der Waals surface area contributed by atoms with Crippen LogP contribution in [0.15, 0.2) is 12.1 Å². The Kier molecular flexibility index (Phi) is 4.89. The van der Waals surface area contributed by atoms with Gasteiger partial charge in [0.2, 0.25) is 0 Å². The Morgan fingerprint density at radius 1 is 1.22 bits per heavy atom. The van der Waals surface area contributed by atoms with E-state index < -0.39 is 5.97 Å². The number of ether oxygens (including phenoxy) is 1. The Morgan fingerprint density at radius 2 is 1.89 bits per heavy atom. The van der Waals surface area contributed by atoms with E-state index >= 15 is 0 Å². The van der Waals surface area contributed by atoms with Crippen molar-refractivity contribution in [1.29, 1.82) is 0 Å². The highest BCUT2D eigenvalue weighted by atomic mass is 16.5. The van der Waals surface area contributed by atoms with Crippen LogP contribution in [0.25, 0.3) is 0 Å². The zero-order valence-corrected chi connectivity index (χ0v) is 10.9. The lowest BCUT2D eigenvalue weighted by atomic mass is 9.97. The van der Waals surface area contributed by atoms with E-state index in [4.69, 9.17) is 9.84 Å². The summed E-state index contributed by atoms with van der Waals surface area (Å²) in [7, 11) is 0. The average molecular weight is 250 g/mol. The van der Waals surface area contributed by atoms with Crippen molar-refractivity contribution in [1.82, 2.24) is 0 Å². The second-order valence-electron chi connectivity index (χ2n) is 4.22. The average Bonchev–Trinajstić information content (AvgIpc) is 2.31. The summed E-state index contributed by atoms with van der Waals surface area (Å²) in [5.74, 6) is -0.385. The molecule has 98 valence electrons. The van der Waals surface area contributed by atoms with Crippen molar-refractivity contribution < 1.29 is 19.4 Å². The number of Topliss-reactive ketones (excluding diaryl/α,β-unsaturated/α-hetero) is 1. The summed E-state index contributed by atoms with van der Waals surface area (Å²) >= 11 is 0. The molecule has 0 aliphatic heterocycles. The Bertz CT molecular complexity index is 463. The van der Waals surface area contributed by atoms with E-state index in [1.54, 1.807) is 12.1 Å². The summed E-state index contributed by atoms with van der Waals surface area (Å²) in [4.78, 5) is 22.3. The van der Waals surface area contributed by atoms with Gasteiger partial charge in [0.15, 0.2) is 12.4 Å². The van der Waals surface area contributed by atoms with Crippen LogP contribution in [0.1, 0.15) is 41.3 Å². The van der Waals surface area contributed by atoms with Gasteiger partial charge in [-0.15, -0.1) is 0 Å². The standard InChI is InChI=1S/C14H18O4/c1-4-5-12(15)11-6-7-13(10(3)9(11)2)18-8-14(16)17/h6-7H,4-5,8H2,1-3H3,(H,16,17). The van der Waals surface area contributed by atoms with Gasteiger partial charge in [0.25, 0.3) is 0 Å². The molecule has 0 heterocycles. The van der Waals surface area contributed by atoms with Gasteiger partial charge in [0.1, 0.15) is 5.75 Å². The van der Waals surface area contributed by atoms with E-state index in [-0.39, 0.29) is 12.4 Å². The quantitative estimate of drug-likeness (QED) is 0.788. The lowest BCUT2D eigenvalue weighted by molar-refractivity contribution is -0.139. The minimum absolute atomic E-state index is 0.114. The highest BCUT2D eigenvalue weighted by Gasteiger charge is 2.13. The van der Waals surface area contributed by atoms with Crippen LogP contribution in [0.5, 0.6) is 5.75 Å². The van der Waals surface area contributed by atoms with Gasteiger partial charge in [-0.05, 0) is 43.5 Å². The summed E-state index contributed by atoms with van der Waals surface area (Å²) in [6.45, 7) is 5.27. The van der Waals surface area contributed by atoms with Gasteiger partial charge >= 0.3 is 5.97 Å². The Labute approximate surface area is 107 Å². The SMILES string of the molecule is CCCC(=O)c1ccc(OCC(=O)O)c(C)c1C. The topological polar surface area (TPSA) is 63.6 Å². The number of carbonyl (C=O) groups is 2. The summed E-state index contributed by atoms with van der Waals surface area (Å²) in [5, 5.41) is 8.57. The Morgan fingerprint density at radius 3 is 2.44 bits per heavy atom. The molecule has 0 aliphatic rings. The molecule has 1 rings (SSSR count). The van der Waals surface area contributed by atoms with E-state index in [9.17, 15) is 9.59 Å². The number of hydrogen-bond acceptors (Lipinski definition) is 3. The van der Waals surface area contributed by atoms with E-state index in [1.165, 1.54) is 0 Å². The largest absolute Gasteiger partial charge is 0.482 e. The zero-order valence-electron chi connectivity index (χ0n) is 10.9. The third kappa shape index (κ3) is 3.32. The maximum atomic E-state index is 11.9. The molecule has 1 N–H and O–H groups in total. The fraction of sp³-hybridized carbons (Fsp3) is 0.429. The lowest BCUT2D eigenvalue weighted by Gasteiger charge is -2.12. The van der Waals surface area contributed by atoms with Gasteiger partial charge in [-0.3, -0.25) is 4.79 Å². The van der Waals surface area contributed by atoms with Gasteiger partial charge in [0.05, 0.1) is 0 Å². The number of carbonyl (C=O) groups excluding carboxylic acids is 1. The third-order valence-corrected chi connectivity index (χ3v) is 2.87. The molecule has 1 aromatic rings. The summed E-state index contributed by atoms with van der Waals surface area (Å²) < 4.78 is 5.16. The van der Waals surface area contributed by atoms with Crippen molar-refractivity contribution >= 4 is 11.8 Å². The van der Waals surface area contributed by atoms with Crippen molar-refractivity contribution in [3.05, 3.63) is 28.8 Å². The van der Waals surface area contributed by atoms with Crippen molar-refractivity contribution in [3.63, 3.8) is 0 Å². The molecule has 4 heteroatoms. The lowest BCUT2D eigenvalue weighted by Crippen LogP contribution is -2.11. The number of carboxylic acids is 1. The normalized spacial score (nSPS) is 10.2. The van der Waals surface area contributed by atoms with Crippen molar-refractivity contribution in [2.75, 3.05) is 6.61 Å². The van der Waals surface area contributed by atoms with Gasteiger partial charge in [0, 0.05) is 12.0 Å². The summed E-state index contributed by atoms with van der Waals surface area (Å²) in [6, 6.07) is 3.37. The van der Waals surface area contributed by atoms with Crippen molar-refractivity contribution in [2.45, 2.75) is 33.6 Å². The second kappa shape index (κ2) is 6.19. The smallest absolute Gasteiger partial charge is 0.341 e. The molecule has 0 bridgehead atoms. The molecule has 0 fully saturated rings. The predicted molar refractivity (Wildman–Crippen MR) is 68.3 cm³/mol. The first-order chi connectivity index (χ1) is 8.47. The fourth-order valence-electron chi connectivity index (χ4n) is 1.76. The molecule has 0 amide bonds. The van der Waals surface area contributed by atoms with Crippen LogP contribution < -0.4 is 4.74 Å². The molecule has 4 nitrogen and oxygen atoms in total. The maximum absolute atomic E-state index is 11.9. The van der Waals surface area contributed by atoms with Crippen molar-refractivity contribution in [2.24, 2.45) is 0 Å². The number of rotatable bonds is 6. The minimum atomic E-state index is -1.02. The van der Waals surface area contributed by atoms with Crippen LogP contribution in [0.2, 0.25) is 0 Å². The molecule has 0 radical (unpaired) electrons. The molecule has 0 aromatic heterocycles. The molecule has 0 saturated carbocycles. The van der Waals surface area contributed by atoms with Gasteiger partial charge in [-0.25, -0.2) is 4.79 Å². The second-order valence-corrected chi connectivity index (χ2v) is 4.22. The molecule has 0 unspecified atom stereocenters. The minimum Gasteiger partial charge on any atom is -0.482 e. The molecule has 0 aliphatic carbocycles. The van der Waals surface area contributed by atoms with E-state index in [2.05, 4.69) is 0 Å².